The lowest BCUT2D eigenvalue weighted by atomic mass is 9.79. The van der Waals surface area contributed by atoms with Crippen LogP contribution in [0, 0.1) is 0 Å². The number of rotatable bonds is 1. The number of fused-ring (bicyclic) bond motifs is 1. The highest BCUT2D eigenvalue weighted by atomic mass is 19.4. The van der Waals surface area contributed by atoms with E-state index in [1.807, 2.05) is 0 Å². The van der Waals surface area contributed by atoms with Crippen LogP contribution < -0.4 is 10.8 Å². The van der Waals surface area contributed by atoms with Gasteiger partial charge in [-0.25, -0.2) is 0 Å². The van der Waals surface area contributed by atoms with Crippen molar-refractivity contribution in [2.75, 3.05) is 5.32 Å². The van der Waals surface area contributed by atoms with Crippen molar-refractivity contribution < 1.29 is 17.7 Å². The van der Waals surface area contributed by atoms with Crippen LogP contribution in [0.4, 0.5) is 18.6 Å². The van der Waals surface area contributed by atoms with Crippen molar-refractivity contribution in [2.45, 2.75) is 6.42 Å². The summed E-state index contributed by atoms with van der Waals surface area (Å²) in [5.41, 5.74) is 0.255. The highest BCUT2D eigenvalue weighted by Crippen LogP contribution is 2.22. The second-order valence-corrected chi connectivity index (χ2v) is 3.22. The predicted molar refractivity (Wildman–Crippen MR) is 47.5 cm³/mol. The average molecular weight is 200 g/mol. The lowest BCUT2D eigenvalue weighted by molar-refractivity contribution is -0.115. The van der Waals surface area contributed by atoms with E-state index in [9.17, 15) is 17.7 Å². The number of halogens is 3. The van der Waals surface area contributed by atoms with E-state index in [-0.39, 0.29) is 12.3 Å². The first-order chi connectivity index (χ1) is 6.47. The van der Waals surface area contributed by atoms with Crippen LogP contribution in [0.2, 0.25) is 0 Å². The first-order valence-electron chi connectivity index (χ1n) is 4.09. The van der Waals surface area contributed by atoms with E-state index in [1.54, 1.807) is 0 Å². The summed E-state index contributed by atoms with van der Waals surface area (Å²) in [6.45, 7) is -4.97. The van der Waals surface area contributed by atoms with Crippen LogP contribution in [0.5, 0.6) is 0 Å². The topological polar surface area (TPSA) is 29.1 Å². The molecule has 0 saturated heterocycles. The Morgan fingerprint density at radius 2 is 2.00 bits per heavy atom. The molecule has 14 heavy (non-hydrogen) atoms. The van der Waals surface area contributed by atoms with E-state index in [0.29, 0.717) is 11.3 Å². The monoisotopic (exact) mass is 200 g/mol. The smallest absolute Gasteiger partial charge is 0.445 e. The van der Waals surface area contributed by atoms with Gasteiger partial charge in [0.25, 0.3) is 0 Å². The van der Waals surface area contributed by atoms with E-state index < -0.39 is 12.4 Å². The largest absolute Gasteiger partial charge is 0.509 e. The molecule has 1 N–H and O–H groups in total. The third-order valence-electron chi connectivity index (χ3n) is 2.13. The number of nitrogens with one attached hydrogen (secondary N) is 1. The summed E-state index contributed by atoms with van der Waals surface area (Å²) < 4.78 is 36.9. The molecule has 2 rings (SSSR count). The molecule has 1 amide bonds. The number of carbonyl (C=O) groups excluding carboxylic acids is 1. The third-order valence-corrected chi connectivity index (χ3v) is 2.13. The van der Waals surface area contributed by atoms with Crippen LogP contribution >= 0.6 is 0 Å². The Bertz CT molecular complexity index is 402. The normalized spacial score (nSPS) is 15.2. The maximum absolute atomic E-state index is 12.3. The number of benzene rings is 1. The van der Waals surface area contributed by atoms with E-state index in [4.69, 9.17) is 0 Å². The minimum Gasteiger partial charge on any atom is -0.445 e. The Hall–Kier alpha value is -1.46. The lowest BCUT2D eigenvalue weighted by Gasteiger charge is -2.15. The predicted octanol–water partition coefficient (Wildman–Crippen LogP) is 1.24. The molecule has 0 unspecified atom stereocenters. The standard InChI is InChI=1S/C8H6BF3NO/c10-9(11,12)6-1-2-7-5(3-6)4-8(14)13-7/h1-3H,4H2,(H,13,14)/q-1. The van der Waals surface area contributed by atoms with Gasteiger partial charge in [0, 0.05) is 5.69 Å². The molecule has 0 fully saturated rings. The van der Waals surface area contributed by atoms with Crippen LogP contribution in [0.15, 0.2) is 18.2 Å². The van der Waals surface area contributed by atoms with Crippen molar-refractivity contribution in [2.24, 2.45) is 0 Å². The molecule has 0 radical (unpaired) electrons. The van der Waals surface area contributed by atoms with E-state index in [1.165, 1.54) is 6.07 Å². The first kappa shape index (κ1) is 9.11. The molecule has 1 heterocycles. The minimum atomic E-state index is -4.97. The zero-order valence-electron chi connectivity index (χ0n) is 7.06. The second kappa shape index (κ2) is 2.77. The summed E-state index contributed by atoms with van der Waals surface area (Å²) in [5.74, 6) is -0.258. The van der Waals surface area contributed by atoms with Crippen molar-refractivity contribution >= 4 is 24.0 Å². The molecule has 1 aliphatic heterocycles. The van der Waals surface area contributed by atoms with Crippen molar-refractivity contribution in [1.82, 2.24) is 0 Å². The molecule has 0 bridgehead atoms. The van der Waals surface area contributed by atoms with Gasteiger partial charge in [-0.1, -0.05) is 12.1 Å². The maximum atomic E-state index is 12.3. The molecule has 0 aromatic heterocycles. The molecule has 2 nitrogen and oxygen atoms in total. The number of hydrogen-bond donors (Lipinski definition) is 1. The van der Waals surface area contributed by atoms with Gasteiger partial charge in [-0.2, -0.15) is 0 Å². The molecule has 0 spiro atoms. The van der Waals surface area contributed by atoms with Gasteiger partial charge in [-0.15, -0.1) is 5.46 Å². The quantitative estimate of drug-likeness (QED) is 0.678. The van der Waals surface area contributed by atoms with Gasteiger partial charge in [0.1, 0.15) is 0 Å². The number of amides is 1. The highest BCUT2D eigenvalue weighted by molar-refractivity contribution is 6.73. The summed E-state index contributed by atoms with van der Waals surface area (Å²) in [7, 11) is 0. The zero-order chi connectivity index (χ0) is 10.3. The minimum absolute atomic E-state index is 0.0370. The summed E-state index contributed by atoms with van der Waals surface area (Å²) in [6.07, 6.45) is 0.0370. The van der Waals surface area contributed by atoms with Crippen LogP contribution in [0.25, 0.3) is 0 Å². The van der Waals surface area contributed by atoms with Crippen LogP contribution in [-0.4, -0.2) is 12.9 Å². The zero-order valence-corrected chi connectivity index (χ0v) is 7.06. The van der Waals surface area contributed by atoms with E-state index in [0.717, 1.165) is 12.1 Å². The fourth-order valence-corrected chi connectivity index (χ4v) is 1.45. The molecule has 6 heteroatoms. The number of anilines is 1. The summed E-state index contributed by atoms with van der Waals surface area (Å²) >= 11 is 0. The SMILES string of the molecule is O=C1Cc2cc([B-](F)(F)F)ccc2N1. The van der Waals surface area contributed by atoms with Crippen LogP contribution in [0.1, 0.15) is 5.56 Å². The Morgan fingerprint density at radius 1 is 1.29 bits per heavy atom. The van der Waals surface area contributed by atoms with Crippen molar-refractivity contribution in [3.05, 3.63) is 23.8 Å². The van der Waals surface area contributed by atoms with Gasteiger partial charge in [0.15, 0.2) is 0 Å². The summed E-state index contributed by atoms with van der Waals surface area (Å²) in [4.78, 5) is 10.9. The van der Waals surface area contributed by atoms with Crippen LogP contribution in [-0.2, 0) is 11.2 Å². The molecule has 0 atom stereocenters. The highest BCUT2D eigenvalue weighted by Gasteiger charge is 2.27. The lowest BCUT2D eigenvalue weighted by Crippen LogP contribution is -2.33. The molecular weight excluding hydrogens is 194 g/mol. The summed E-state index contributed by atoms with van der Waals surface area (Å²) in [6, 6.07) is 3.32. The fourth-order valence-electron chi connectivity index (χ4n) is 1.45. The third kappa shape index (κ3) is 1.47. The van der Waals surface area contributed by atoms with Gasteiger partial charge in [-0.05, 0) is 11.6 Å². The Morgan fingerprint density at radius 3 is 2.64 bits per heavy atom. The van der Waals surface area contributed by atoms with Gasteiger partial charge in [0.2, 0.25) is 5.91 Å². The first-order valence-corrected chi connectivity index (χ1v) is 4.09. The fraction of sp³-hybridized carbons (Fsp3) is 0.125. The average Bonchev–Trinajstić information content (AvgIpc) is 2.41. The Balaban J connectivity index is 2.43. The van der Waals surface area contributed by atoms with Gasteiger partial charge >= 0.3 is 6.98 Å². The Labute approximate surface area is 78.2 Å². The molecule has 1 aromatic rings. The Kier molecular flexibility index (Phi) is 1.80. The summed E-state index contributed by atoms with van der Waals surface area (Å²) in [5, 5.41) is 2.48. The van der Waals surface area contributed by atoms with Crippen molar-refractivity contribution in [3.63, 3.8) is 0 Å². The number of carbonyl (C=O) groups is 1. The number of hydrogen-bond acceptors (Lipinski definition) is 1. The molecule has 74 valence electrons. The molecule has 0 saturated carbocycles. The van der Waals surface area contributed by atoms with Crippen molar-refractivity contribution in [1.29, 1.82) is 0 Å². The molecule has 1 aliphatic rings. The molecular formula is C8H6BF3NO-. The van der Waals surface area contributed by atoms with E-state index >= 15 is 0 Å². The van der Waals surface area contributed by atoms with Gasteiger partial charge < -0.3 is 18.3 Å². The maximum Gasteiger partial charge on any atom is 0.509 e. The van der Waals surface area contributed by atoms with Crippen LogP contribution in [0.3, 0.4) is 0 Å². The second-order valence-electron chi connectivity index (χ2n) is 3.22. The van der Waals surface area contributed by atoms with Crippen molar-refractivity contribution in [3.8, 4) is 0 Å². The van der Waals surface area contributed by atoms with Gasteiger partial charge in [-0.3, -0.25) is 4.79 Å². The molecule has 0 aliphatic carbocycles. The molecule has 1 aromatic carbocycles. The van der Waals surface area contributed by atoms with Gasteiger partial charge in [0.05, 0.1) is 6.42 Å². The van der Waals surface area contributed by atoms with E-state index in [2.05, 4.69) is 5.32 Å².